The second kappa shape index (κ2) is 12.4. The van der Waals surface area contributed by atoms with Crippen molar-refractivity contribution >= 4 is 28.8 Å². The minimum Gasteiger partial charge on any atom is -0.497 e. The fourth-order valence-electron chi connectivity index (χ4n) is 6.47. The normalized spacial score (nSPS) is 31.5. The molecule has 1 saturated carbocycles. The first-order valence-electron chi connectivity index (χ1n) is 15.4. The number of nitrogens with one attached hydrogen (secondary N) is 1. The molecule has 0 spiro atoms. The first-order chi connectivity index (χ1) is 20.8. The summed E-state index contributed by atoms with van der Waals surface area (Å²) in [4.78, 5) is 50.6. The van der Waals surface area contributed by atoms with Crippen molar-refractivity contribution in [1.82, 2.24) is 20.2 Å². The Bertz CT molecular complexity index is 1420. The summed E-state index contributed by atoms with van der Waals surface area (Å²) in [5, 5.41) is 2.75. The van der Waals surface area contributed by atoms with E-state index >= 15 is 8.78 Å². The second-order valence-electron chi connectivity index (χ2n) is 13.3. The number of benzene rings is 1. The van der Waals surface area contributed by atoms with Gasteiger partial charge >= 0.3 is 6.09 Å². The van der Waals surface area contributed by atoms with Crippen LogP contribution in [-0.4, -0.2) is 76.8 Å². The number of halogens is 2. The number of carbonyl (C=O) groups excluding carboxylic acids is 3. The van der Waals surface area contributed by atoms with Crippen molar-refractivity contribution in [2.24, 2.45) is 17.3 Å². The third-order valence-corrected chi connectivity index (χ3v) is 9.02. The summed E-state index contributed by atoms with van der Waals surface area (Å²) in [7, 11) is 1.51. The zero-order chi connectivity index (χ0) is 31.9. The van der Waals surface area contributed by atoms with E-state index < -0.39 is 53.9 Å². The van der Waals surface area contributed by atoms with Gasteiger partial charge in [-0.2, -0.15) is 0 Å². The summed E-state index contributed by atoms with van der Waals surface area (Å²) in [6.07, 6.45) is -3.87. The fourth-order valence-corrected chi connectivity index (χ4v) is 6.47. The number of hydrogen-bond donors (Lipinski definition) is 1. The molecule has 0 radical (unpaired) electrons. The summed E-state index contributed by atoms with van der Waals surface area (Å²) in [5.74, 6) is -0.818. The molecule has 3 unspecified atom stereocenters. The van der Waals surface area contributed by atoms with Gasteiger partial charge in [0.05, 0.1) is 30.7 Å². The van der Waals surface area contributed by atoms with Crippen molar-refractivity contribution in [1.29, 1.82) is 0 Å². The molecule has 2 aromatic rings. The number of alkyl halides is 2. The van der Waals surface area contributed by atoms with E-state index in [0.29, 0.717) is 42.5 Å². The van der Waals surface area contributed by atoms with Gasteiger partial charge in [0.1, 0.15) is 35.9 Å². The lowest BCUT2D eigenvalue weighted by Crippen LogP contribution is -2.57. The maximum atomic E-state index is 15.9. The zero-order valence-corrected chi connectivity index (χ0v) is 26.1. The third-order valence-electron chi connectivity index (χ3n) is 9.02. The molecule has 3 aliphatic rings. The smallest absolute Gasteiger partial charge is 0.408 e. The Morgan fingerprint density at radius 2 is 1.86 bits per heavy atom. The third kappa shape index (κ3) is 6.44. The monoisotopic (exact) mass is 616 g/mol. The minimum atomic E-state index is -2.12. The van der Waals surface area contributed by atoms with Crippen molar-refractivity contribution < 1.29 is 37.4 Å². The molecule has 3 heterocycles. The van der Waals surface area contributed by atoms with E-state index in [1.807, 2.05) is 27.7 Å². The van der Waals surface area contributed by atoms with E-state index in [2.05, 4.69) is 15.3 Å². The molecule has 8 atom stereocenters. The highest BCUT2D eigenvalue weighted by atomic mass is 19.2. The zero-order valence-electron chi connectivity index (χ0n) is 26.1. The number of hydrogen-bond acceptors (Lipinski definition) is 8. The van der Waals surface area contributed by atoms with Crippen molar-refractivity contribution in [2.75, 3.05) is 13.7 Å². The molecule has 2 fully saturated rings. The number of alkyl carbamates (subject to hydrolysis) is 1. The van der Waals surface area contributed by atoms with E-state index in [0.717, 1.165) is 0 Å². The van der Waals surface area contributed by atoms with Crippen LogP contribution in [0.5, 0.6) is 11.6 Å². The summed E-state index contributed by atoms with van der Waals surface area (Å²) in [6, 6.07) is 3.06. The molecule has 240 valence electrons. The molecule has 1 aliphatic carbocycles. The number of amides is 2. The average Bonchev–Trinajstić information content (AvgIpc) is 3.59. The molecule has 1 saturated heterocycles. The highest BCUT2D eigenvalue weighted by molar-refractivity contribution is 5.92. The van der Waals surface area contributed by atoms with Gasteiger partial charge < -0.3 is 24.4 Å². The Hall–Kier alpha value is -3.57. The van der Waals surface area contributed by atoms with Gasteiger partial charge in [-0.05, 0) is 56.1 Å². The number of carbonyl (C=O) groups is 3. The Morgan fingerprint density at radius 1 is 1.11 bits per heavy atom. The molecule has 1 N–H and O–H groups in total. The Labute approximate surface area is 256 Å². The summed E-state index contributed by atoms with van der Waals surface area (Å²) in [5.41, 5.74) is -0.257. The molecule has 5 rings (SSSR count). The predicted octanol–water partition coefficient (Wildman–Crippen LogP) is 5.27. The topological polar surface area (TPSA) is 120 Å². The van der Waals surface area contributed by atoms with Crippen molar-refractivity contribution in [3.8, 4) is 11.6 Å². The van der Waals surface area contributed by atoms with Crippen LogP contribution in [0.1, 0.15) is 78.6 Å². The van der Waals surface area contributed by atoms with Crippen LogP contribution in [0.2, 0.25) is 0 Å². The highest BCUT2D eigenvalue weighted by Crippen LogP contribution is 2.41. The fraction of sp³-hybridized carbons (Fsp3) is 0.656. The molecular weight excluding hydrogens is 574 g/mol. The van der Waals surface area contributed by atoms with Crippen LogP contribution in [0, 0.1) is 17.3 Å². The largest absolute Gasteiger partial charge is 0.497 e. The quantitative estimate of drug-likeness (QED) is 0.495. The number of fused-ring (bicyclic) bond motifs is 5. The average molecular weight is 617 g/mol. The van der Waals surface area contributed by atoms with E-state index in [1.54, 1.807) is 18.2 Å². The van der Waals surface area contributed by atoms with Crippen LogP contribution >= 0.6 is 0 Å². The van der Waals surface area contributed by atoms with Crippen molar-refractivity contribution in [3.05, 3.63) is 23.9 Å². The van der Waals surface area contributed by atoms with Crippen molar-refractivity contribution in [3.63, 3.8) is 0 Å². The number of rotatable bonds is 3. The maximum Gasteiger partial charge on any atom is 0.408 e. The van der Waals surface area contributed by atoms with Crippen LogP contribution in [0.4, 0.5) is 13.6 Å². The van der Waals surface area contributed by atoms with Crippen molar-refractivity contribution in [2.45, 2.75) is 103 Å². The molecule has 2 amide bonds. The summed E-state index contributed by atoms with van der Waals surface area (Å²) in [6.45, 7) is 8.73. The Kier molecular flexibility index (Phi) is 9.00. The standard InChI is InChI=1S/C32H42F2N4O6/c1-7-19-24-15-38(27(19)16(2)39)30(40)28(32(3,4)5)37-31(41)44-23-13-17(23)9-8-10-20(33)25(34)26-29(43-24)36-22-14-18(42-6)11-12-21(22)35-26/h11-12,14,17,19-20,23-25,27-28H,7-10,13,15H2,1-6H3,(H,37,41)/t17-,19?,20?,23-,24+,25?,27-,28-/m1/s1. The molecule has 10 nitrogen and oxygen atoms in total. The van der Waals surface area contributed by atoms with Gasteiger partial charge in [-0.3, -0.25) is 9.59 Å². The molecule has 2 aliphatic heterocycles. The molecule has 1 aromatic heterocycles. The van der Waals surface area contributed by atoms with Gasteiger partial charge in [0, 0.05) is 12.0 Å². The predicted molar refractivity (Wildman–Crippen MR) is 158 cm³/mol. The Balaban J connectivity index is 1.58. The van der Waals surface area contributed by atoms with Crippen LogP contribution in [0.15, 0.2) is 18.2 Å². The van der Waals surface area contributed by atoms with Gasteiger partial charge in [0.15, 0.2) is 12.0 Å². The van der Waals surface area contributed by atoms with Crippen LogP contribution < -0.4 is 14.8 Å². The van der Waals surface area contributed by atoms with Gasteiger partial charge in [0.25, 0.3) is 0 Å². The Morgan fingerprint density at radius 3 is 2.52 bits per heavy atom. The second-order valence-corrected chi connectivity index (χ2v) is 13.3. The number of aromatic nitrogens is 2. The van der Waals surface area contributed by atoms with E-state index in [9.17, 15) is 14.4 Å². The maximum absolute atomic E-state index is 15.9. The number of ketones is 1. The van der Waals surface area contributed by atoms with Gasteiger partial charge in [-0.25, -0.2) is 23.5 Å². The van der Waals surface area contributed by atoms with E-state index in [-0.39, 0.29) is 42.3 Å². The number of ether oxygens (including phenoxy) is 3. The molecule has 44 heavy (non-hydrogen) atoms. The first-order valence-corrected chi connectivity index (χ1v) is 15.4. The molecular formula is C32H42F2N4O6. The van der Waals surface area contributed by atoms with E-state index in [4.69, 9.17) is 14.2 Å². The summed E-state index contributed by atoms with van der Waals surface area (Å²) >= 11 is 0. The lowest BCUT2D eigenvalue weighted by molar-refractivity contribution is -0.141. The first kappa shape index (κ1) is 31.8. The minimum absolute atomic E-state index is 0.0249. The summed E-state index contributed by atoms with van der Waals surface area (Å²) < 4.78 is 48.6. The SMILES string of the molecule is CCC1[C@@H]2CN(C(=O)[C@H](C(C)(C)C)NC(=O)O[C@@H]3C[C@H]3CCCC(F)C(F)c3nc4ccc(OC)cc4nc3O2)[C@@H]1C(C)=O. The van der Waals surface area contributed by atoms with Crippen LogP contribution in [-0.2, 0) is 14.3 Å². The van der Waals surface area contributed by atoms with Gasteiger partial charge in [-0.1, -0.05) is 34.1 Å². The van der Waals surface area contributed by atoms with Crippen LogP contribution in [0.3, 0.4) is 0 Å². The number of nitrogens with zero attached hydrogens (tertiary/aromatic N) is 3. The lowest BCUT2D eigenvalue weighted by Gasteiger charge is -2.35. The van der Waals surface area contributed by atoms with E-state index in [1.165, 1.54) is 18.9 Å². The molecule has 2 bridgehead atoms. The molecule has 12 heteroatoms. The number of Topliss-reactive ketones (excluding diaryl/α,β-unsaturated/α-hetero) is 1. The van der Waals surface area contributed by atoms with Crippen LogP contribution in [0.25, 0.3) is 11.0 Å². The molecule has 1 aromatic carbocycles. The van der Waals surface area contributed by atoms with Gasteiger partial charge in [-0.15, -0.1) is 0 Å². The lowest BCUT2D eigenvalue weighted by atomic mass is 9.85. The highest BCUT2D eigenvalue weighted by Gasteiger charge is 2.51. The van der Waals surface area contributed by atoms with Gasteiger partial charge in [0.2, 0.25) is 11.8 Å². The number of methoxy groups -OCH3 is 1.